The summed E-state index contributed by atoms with van der Waals surface area (Å²) in [6, 6.07) is 16.7. The molecule has 0 heterocycles. The van der Waals surface area contributed by atoms with Gasteiger partial charge in [-0.15, -0.1) is 0 Å². The van der Waals surface area contributed by atoms with E-state index in [9.17, 15) is 14.4 Å². The lowest BCUT2D eigenvalue weighted by atomic mass is 10.0. The van der Waals surface area contributed by atoms with Crippen LogP contribution in [0.1, 0.15) is 31.9 Å². The number of benzene rings is 2. The van der Waals surface area contributed by atoms with Crippen molar-refractivity contribution in [2.45, 2.75) is 32.7 Å². The monoisotopic (exact) mass is 398 g/mol. The van der Waals surface area contributed by atoms with Crippen LogP contribution >= 0.6 is 0 Å². The maximum absolute atomic E-state index is 11.9. The average molecular weight is 398 g/mol. The summed E-state index contributed by atoms with van der Waals surface area (Å²) >= 11 is 0. The van der Waals surface area contributed by atoms with Crippen LogP contribution in [0.25, 0.3) is 0 Å². The van der Waals surface area contributed by atoms with Crippen LogP contribution in [0.3, 0.4) is 0 Å². The largest absolute Gasteiger partial charge is 0.482 e. The third-order valence-corrected chi connectivity index (χ3v) is 3.66. The summed E-state index contributed by atoms with van der Waals surface area (Å²) in [5.41, 5.74) is 1.57. The first-order chi connectivity index (χ1) is 13.7. The van der Waals surface area contributed by atoms with Crippen LogP contribution < -0.4 is 15.4 Å². The highest BCUT2D eigenvalue weighted by atomic mass is 16.6. The van der Waals surface area contributed by atoms with E-state index in [0.717, 1.165) is 11.1 Å². The third-order valence-electron chi connectivity index (χ3n) is 3.66. The Morgan fingerprint density at radius 3 is 2.24 bits per heavy atom. The van der Waals surface area contributed by atoms with Crippen molar-refractivity contribution in [1.82, 2.24) is 10.6 Å². The fraction of sp³-hybridized carbons (Fsp3) is 0.318. The second-order valence-electron chi connectivity index (χ2n) is 7.47. The van der Waals surface area contributed by atoms with Gasteiger partial charge in [0.15, 0.2) is 13.2 Å². The lowest BCUT2D eigenvalue weighted by Gasteiger charge is -2.20. The zero-order valence-corrected chi connectivity index (χ0v) is 16.9. The molecule has 0 atom stereocenters. The van der Waals surface area contributed by atoms with Crippen LogP contribution in [-0.2, 0) is 20.7 Å². The first kappa shape index (κ1) is 21.9. The number of imide groups is 1. The molecule has 0 aliphatic carbocycles. The van der Waals surface area contributed by atoms with E-state index in [4.69, 9.17) is 9.47 Å². The minimum Gasteiger partial charge on any atom is -0.482 e. The van der Waals surface area contributed by atoms with Crippen molar-refractivity contribution < 1.29 is 23.9 Å². The van der Waals surface area contributed by atoms with E-state index in [0.29, 0.717) is 12.2 Å². The van der Waals surface area contributed by atoms with Gasteiger partial charge in [0.05, 0.1) is 0 Å². The minimum atomic E-state index is -0.718. The van der Waals surface area contributed by atoms with Gasteiger partial charge in [0, 0.05) is 12.0 Å². The van der Waals surface area contributed by atoms with Gasteiger partial charge in [0.1, 0.15) is 5.75 Å². The van der Waals surface area contributed by atoms with Crippen molar-refractivity contribution in [3.63, 3.8) is 0 Å². The topological polar surface area (TPSA) is 93.7 Å². The van der Waals surface area contributed by atoms with Crippen molar-refractivity contribution >= 4 is 17.9 Å². The van der Waals surface area contributed by atoms with E-state index in [1.807, 2.05) is 48.5 Å². The van der Waals surface area contributed by atoms with Crippen molar-refractivity contribution in [2.75, 3.05) is 13.2 Å². The summed E-state index contributed by atoms with van der Waals surface area (Å²) in [5, 5.41) is 4.67. The number of hydrogen-bond donors (Lipinski definition) is 2. The maximum Gasteiger partial charge on any atom is 0.344 e. The molecule has 7 heteroatoms. The molecule has 0 fully saturated rings. The Labute approximate surface area is 170 Å². The molecule has 0 saturated carbocycles. The van der Waals surface area contributed by atoms with Crippen LogP contribution in [0.2, 0.25) is 0 Å². The lowest BCUT2D eigenvalue weighted by molar-refractivity contribution is -0.150. The molecule has 3 amide bonds. The highest BCUT2D eigenvalue weighted by molar-refractivity contribution is 5.95. The molecular weight excluding hydrogens is 372 g/mol. The molecule has 0 radical (unpaired) electrons. The molecule has 154 valence electrons. The molecule has 0 aliphatic heterocycles. The van der Waals surface area contributed by atoms with E-state index < -0.39 is 30.1 Å². The predicted octanol–water partition coefficient (Wildman–Crippen LogP) is 2.82. The summed E-state index contributed by atoms with van der Waals surface area (Å²) in [5.74, 6) is -0.849. The second-order valence-corrected chi connectivity index (χ2v) is 7.47. The highest BCUT2D eigenvalue weighted by Gasteiger charge is 2.17. The third kappa shape index (κ3) is 8.47. The Kier molecular flexibility index (Phi) is 7.77. The summed E-state index contributed by atoms with van der Waals surface area (Å²) in [6.07, 6.45) is 0.664. The Bertz CT molecular complexity index is 844. The fourth-order valence-corrected chi connectivity index (χ4v) is 2.47. The molecule has 2 aromatic rings. The van der Waals surface area contributed by atoms with Crippen LogP contribution in [-0.4, -0.2) is 36.7 Å². The maximum atomic E-state index is 11.9. The van der Waals surface area contributed by atoms with Crippen molar-refractivity contribution in [2.24, 2.45) is 0 Å². The minimum absolute atomic E-state index is 0.340. The van der Waals surface area contributed by atoms with Crippen LogP contribution in [0, 0.1) is 0 Å². The van der Waals surface area contributed by atoms with E-state index in [-0.39, 0.29) is 6.61 Å². The van der Waals surface area contributed by atoms with Gasteiger partial charge in [-0.2, -0.15) is 0 Å². The van der Waals surface area contributed by atoms with Crippen LogP contribution in [0.5, 0.6) is 5.75 Å². The van der Waals surface area contributed by atoms with Crippen molar-refractivity contribution in [3.8, 4) is 5.75 Å². The predicted molar refractivity (Wildman–Crippen MR) is 109 cm³/mol. The van der Waals surface area contributed by atoms with E-state index in [2.05, 4.69) is 10.6 Å². The summed E-state index contributed by atoms with van der Waals surface area (Å²) in [4.78, 5) is 35.2. The Morgan fingerprint density at radius 2 is 1.55 bits per heavy atom. The van der Waals surface area contributed by atoms with E-state index >= 15 is 0 Å². The van der Waals surface area contributed by atoms with Gasteiger partial charge < -0.3 is 14.8 Å². The zero-order valence-electron chi connectivity index (χ0n) is 16.9. The standard InChI is InChI=1S/C22H26N2O5/c1-22(2,3)24-21(27)23-19(25)14-29-20(26)15-28-18-12-8-7-11-17(18)13-16-9-5-4-6-10-16/h4-12H,13-15H2,1-3H3,(H2,23,24,25,27). The number of ether oxygens (including phenoxy) is 2. The molecule has 29 heavy (non-hydrogen) atoms. The summed E-state index contributed by atoms with van der Waals surface area (Å²) < 4.78 is 10.4. The number of carbonyl (C=O) groups is 3. The molecular formula is C22H26N2O5. The number of rotatable bonds is 7. The molecule has 2 rings (SSSR count). The van der Waals surface area contributed by atoms with Gasteiger partial charge in [-0.25, -0.2) is 9.59 Å². The molecule has 2 N–H and O–H groups in total. The number of urea groups is 1. The van der Waals surface area contributed by atoms with Gasteiger partial charge in [-0.05, 0) is 38.0 Å². The van der Waals surface area contributed by atoms with Crippen molar-refractivity contribution in [3.05, 3.63) is 65.7 Å². The average Bonchev–Trinajstić information content (AvgIpc) is 2.65. The molecule has 0 aromatic heterocycles. The number of para-hydroxylation sites is 1. The SMILES string of the molecule is CC(C)(C)NC(=O)NC(=O)COC(=O)COc1ccccc1Cc1ccccc1. The van der Waals surface area contributed by atoms with Gasteiger partial charge in [0.2, 0.25) is 0 Å². The van der Waals surface area contributed by atoms with Crippen LogP contribution in [0.4, 0.5) is 4.79 Å². The molecule has 0 spiro atoms. The zero-order chi connectivity index (χ0) is 21.3. The van der Waals surface area contributed by atoms with Gasteiger partial charge in [0.25, 0.3) is 5.91 Å². The van der Waals surface area contributed by atoms with Gasteiger partial charge in [-0.3, -0.25) is 10.1 Å². The van der Waals surface area contributed by atoms with Crippen LogP contribution in [0.15, 0.2) is 54.6 Å². The summed E-state index contributed by atoms with van der Waals surface area (Å²) in [7, 11) is 0. The van der Waals surface area contributed by atoms with Gasteiger partial charge >= 0.3 is 12.0 Å². The number of hydrogen-bond acceptors (Lipinski definition) is 5. The number of esters is 1. The first-order valence-corrected chi connectivity index (χ1v) is 9.25. The highest BCUT2D eigenvalue weighted by Crippen LogP contribution is 2.21. The van der Waals surface area contributed by atoms with E-state index in [1.54, 1.807) is 26.8 Å². The molecule has 7 nitrogen and oxygen atoms in total. The normalized spacial score (nSPS) is 10.7. The smallest absolute Gasteiger partial charge is 0.344 e. The molecule has 0 saturated heterocycles. The number of nitrogens with one attached hydrogen (secondary N) is 2. The van der Waals surface area contributed by atoms with Gasteiger partial charge in [-0.1, -0.05) is 48.5 Å². The molecule has 2 aromatic carbocycles. The molecule has 0 bridgehead atoms. The lowest BCUT2D eigenvalue weighted by Crippen LogP contribution is -2.49. The Hall–Kier alpha value is -3.35. The first-order valence-electron chi connectivity index (χ1n) is 9.25. The second kappa shape index (κ2) is 10.3. The number of carbonyl (C=O) groups excluding carboxylic acids is 3. The number of amides is 3. The fourth-order valence-electron chi connectivity index (χ4n) is 2.47. The Morgan fingerprint density at radius 1 is 0.897 bits per heavy atom. The van der Waals surface area contributed by atoms with Crippen molar-refractivity contribution in [1.29, 1.82) is 0 Å². The van der Waals surface area contributed by atoms with E-state index in [1.165, 1.54) is 0 Å². The summed E-state index contributed by atoms with van der Waals surface area (Å²) in [6.45, 7) is 4.44. The molecule has 0 aliphatic rings. The Balaban J connectivity index is 1.79. The quantitative estimate of drug-likeness (QED) is 0.700. The molecule has 0 unspecified atom stereocenters.